The van der Waals surface area contributed by atoms with Gasteiger partial charge in [0.2, 0.25) is 0 Å². The molecule has 0 saturated heterocycles. The van der Waals surface area contributed by atoms with Crippen LogP contribution in [0.5, 0.6) is 11.5 Å². The molecular weight excluding hydrogens is 886 g/mol. The van der Waals surface area contributed by atoms with Crippen molar-refractivity contribution in [2.24, 2.45) is 4.99 Å². The van der Waals surface area contributed by atoms with Gasteiger partial charge in [0, 0.05) is 5.56 Å². The average Bonchev–Trinajstić information content (AvgIpc) is 3.45. The lowest BCUT2D eigenvalue weighted by Crippen LogP contribution is -2.40. The molecule has 6 aromatic rings. The Labute approximate surface area is 326 Å². The minimum Gasteiger partial charge on any atom is -0.494 e. The molecule has 7 rings (SSSR count). The van der Waals surface area contributed by atoms with Crippen molar-refractivity contribution in [3.63, 3.8) is 0 Å². The van der Waals surface area contributed by atoms with E-state index >= 15 is 0 Å². The van der Waals surface area contributed by atoms with E-state index in [1.54, 1.807) is 11.5 Å². The number of carbonyl (C=O) groups is 1. The maximum Gasteiger partial charge on any atom is 0.338 e. The first-order chi connectivity index (χ1) is 24.9. The summed E-state index contributed by atoms with van der Waals surface area (Å²) in [6.07, 6.45) is 1.88. The summed E-state index contributed by atoms with van der Waals surface area (Å²) in [5, 5.41) is 2.34. The number of nitrogens with zero attached hydrogens (tertiary/aromatic N) is 2. The fourth-order valence-corrected chi connectivity index (χ4v) is 9.32. The highest BCUT2D eigenvalue weighted by molar-refractivity contribution is 14.1. The lowest BCUT2D eigenvalue weighted by atomic mass is 9.93. The largest absolute Gasteiger partial charge is 0.494 e. The number of fused-ring (bicyclic) bond motifs is 2. The van der Waals surface area contributed by atoms with Gasteiger partial charge in [-0.3, -0.25) is 9.36 Å². The van der Waals surface area contributed by atoms with Crippen LogP contribution in [0, 0.1) is 7.14 Å². The van der Waals surface area contributed by atoms with Crippen molar-refractivity contribution in [3.8, 4) is 11.5 Å². The normalized spacial score (nSPS) is 14.3. The molecule has 256 valence electrons. The lowest BCUT2D eigenvalue weighted by molar-refractivity contribution is -0.138. The van der Waals surface area contributed by atoms with Gasteiger partial charge >= 0.3 is 5.97 Å². The zero-order valence-corrected chi connectivity index (χ0v) is 32.9. The third kappa shape index (κ3) is 7.26. The molecule has 10 heteroatoms. The SMILES string of the molecule is CCOC(=O)C1=C(c2ccccc2)N=c2s/c(=C\c3cc(I)c(OCc4cccc5ccccc45)c(I)c3)c(=O)n2[C@H]1c1ccc(OCC)cc1. The van der Waals surface area contributed by atoms with Gasteiger partial charge in [-0.25, -0.2) is 9.79 Å². The third-order valence-electron chi connectivity index (χ3n) is 8.45. The van der Waals surface area contributed by atoms with Crippen molar-refractivity contribution in [2.75, 3.05) is 13.2 Å². The van der Waals surface area contributed by atoms with E-state index < -0.39 is 12.0 Å². The first kappa shape index (κ1) is 35.1. The van der Waals surface area contributed by atoms with Crippen LogP contribution in [0.4, 0.5) is 0 Å². The smallest absolute Gasteiger partial charge is 0.338 e. The quantitative estimate of drug-likeness (QED) is 0.102. The minimum atomic E-state index is -0.765. The molecule has 1 aliphatic rings. The van der Waals surface area contributed by atoms with Gasteiger partial charge in [-0.2, -0.15) is 0 Å². The Kier molecular flexibility index (Phi) is 10.7. The van der Waals surface area contributed by atoms with Crippen molar-refractivity contribution in [1.29, 1.82) is 0 Å². The topological polar surface area (TPSA) is 79.1 Å². The highest BCUT2D eigenvalue weighted by Gasteiger charge is 2.35. The molecule has 51 heavy (non-hydrogen) atoms. The molecule has 0 N–H and O–H groups in total. The Morgan fingerprint density at radius 1 is 0.863 bits per heavy atom. The summed E-state index contributed by atoms with van der Waals surface area (Å²) >= 11 is 5.88. The number of ether oxygens (including phenoxy) is 3. The van der Waals surface area contributed by atoms with Crippen molar-refractivity contribution in [3.05, 3.63) is 164 Å². The second kappa shape index (κ2) is 15.5. The number of hydrogen-bond donors (Lipinski definition) is 0. The van der Waals surface area contributed by atoms with Gasteiger partial charge in [0.05, 0.1) is 42.2 Å². The van der Waals surface area contributed by atoms with E-state index in [0.29, 0.717) is 39.6 Å². The van der Waals surface area contributed by atoms with Crippen LogP contribution in [0.2, 0.25) is 0 Å². The number of hydrogen-bond acceptors (Lipinski definition) is 7. The Hall–Kier alpha value is -4.27. The molecule has 7 nitrogen and oxygen atoms in total. The Balaban J connectivity index is 1.32. The number of aromatic nitrogens is 1. The Morgan fingerprint density at radius 3 is 2.29 bits per heavy atom. The van der Waals surface area contributed by atoms with Gasteiger partial charge < -0.3 is 14.2 Å². The van der Waals surface area contributed by atoms with Gasteiger partial charge in [0.25, 0.3) is 5.56 Å². The zero-order valence-electron chi connectivity index (χ0n) is 27.8. The highest BCUT2D eigenvalue weighted by Crippen LogP contribution is 2.36. The Bertz CT molecular complexity index is 2440. The number of esters is 1. The van der Waals surface area contributed by atoms with E-state index in [9.17, 15) is 9.59 Å². The third-order valence-corrected chi connectivity index (χ3v) is 11.0. The number of rotatable bonds is 10. The Morgan fingerprint density at radius 2 is 1.57 bits per heavy atom. The predicted molar refractivity (Wildman–Crippen MR) is 219 cm³/mol. The van der Waals surface area contributed by atoms with Gasteiger partial charge in [0.1, 0.15) is 18.1 Å². The molecule has 2 heterocycles. The molecule has 0 amide bonds. The molecular formula is C41H32I2N2O5S. The average molecular weight is 919 g/mol. The molecule has 0 saturated carbocycles. The monoisotopic (exact) mass is 918 g/mol. The number of carbonyl (C=O) groups excluding carboxylic acids is 1. The van der Waals surface area contributed by atoms with Crippen LogP contribution in [0.3, 0.4) is 0 Å². The predicted octanol–water partition coefficient (Wildman–Crippen LogP) is 8.28. The van der Waals surface area contributed by atoms with E-state index in [0.717, 1.165) is 35.1 Å². The maximum atomic E-state index is 14.4. The van der Waals surface area contributed by atoms with Crippen LogP contribution < -0.4 is 24.4 Å². The summed E-state index contributed by atoms with van der Waals surface area (Å²) in [5.74, 6) is 0.980. The van der Waals surface area contributed by atoms with Crippen LogP contribution in [0.25, 0.3) is 22.5 Å². The minimum absolute atomic E-state index is 0.184. The van der Waals surface area contributed by atoms with Crippen molar-refractivity contribution in [1.82, 2.24) is 4.57 Å². The van der Waals surface area contributed by atoms with Gasteiger partial charge in [-0.05, 0) is 117 Å². The van der Waals surface area contributed by atoms with Gasteiger partial charge in [0.15, 0.2) is 4.80 Å². The van der Waals surface area contributed by atoms with Crippen LogP contribution in [0.15, 0.2) is 125 Å². The first-order valence-corrected chi connectivity index (χ1v) is 19.4. The first-order valence-electron chi connectivity index (χ1n) is 16.5. The van der Waals surface area contributed by atoms with E-state index in [-0.39, 0.29) is 12.2 Å². The number of halogens is 2. The molecule has 1 atom stereocenters. The molecule has 0 aliphatic carbocycles. The summed E-state index contributed by atoms with van der Waals surface area (Å²) in [6.45, 7) is 4.84. The fourth-order valence-electron chi connectivity index (χ4n) is 6.19. The maximum absolute atomic E-state index is 14.4. The standard InChI is InChI=1S/C41H32I2N2O5S/c1-3-48-30-19-17-28(18-20-30)37-35(40(47)49-4-2)36(27-12-6-5-7-13-27)44-41-45(37)39(46)34(51-41)23-25-21-32(42)38(33(43)22-25)50-24-29-15-10-14-26-11-8-9-16-31(26)29/h5-23,37H,3-4,24H2,1-2H3/b34-23-/t37-/m0/s1. The van der Waals surface area contributed by atoms with Gasteiger partial charge in [-0.15, -0.1) is 0 Å². The zero-order chi connectivity index (χ0) is 35.5. The summed E-state index contributed by atoms with van der Waals surface area (Å²) in [4.78, 5) is 33.6. The molecule has 0 spiro atoms. The lowest BCUT2D eigenvalue weighted by Gasteiger charge is -2.26. The second-order valence-electron chi connectivity index (χ2n) is 11.7. The van der Waals surface area contributed by atoms with Crippen molar-refractivity contribution < 1.29 is 19.0 Å². The van der Waals surface area contributed by atoms with E-state index in [2.05, 4.69) is 75.5 Å². The summed E-state index contributed by atoms with van der Waals surface area (Å²) in [5.41, 5.74) is 4.03. The summed E-state index contributed by atoms with van der Waals surface area (Å²) in [6, 6.07) is 34.8. The van der Waals surface area contributed by atoms with E-state index in [1.165, 1.54) is 22.1 Å². The molecule has 0 unspecified atom stereocenters. The molecule has 5 aromatic carbocycles. The van der Waals surface area contributed by atoms with Crippen LogP contribution in [-0.4, -0.2) is 23.8 Å². The van der Waals surface area contributed by atoms with Crippen LogP contribution in [-0.2, 0) is 16.1 Å². The number of thiazole rings is 1. The van der Waals surface area contributed by atoms with Crippen molar-refractivity contribution in [2.45, 2.75) is 26.5 Å². The highest BCUT2D eigenvalue weighted by atomic mass is 127. The molecule has 1 aliphatic heterocycles. The molecule has 1 aromatic heterocycles. The van der Waals surface area contributed by atoms with Crippen LogP contribution in [0.1, 0.15) is 42.1 Å². The van der Waals surface area contributed by atoms with Gasteiger partial charge in [-0.1, -0.05) is 96.3 Å². The summed E-state index contributed by atoms with van der Waals surface area (Å²) in [7, 11) is 0. The molecule has 0 bridgehead atoms. The van der Waals surface area contributed by atoms with E-state index in [1.807, 2.05) is 91.9 Å². The number of benzene rings is 5. The van der Waals surface area contributed by atoms with Crippen LogP contribution >= 0.6 is 56.5 Å². The fraction of sp³-hybridized carbons (Fsp3) is 0.146. The van der Waals surface area contributed by atoms with E-state index in [4.69, 9.17) is 19.2 Å². The molecule has 0 fully saturated rings. The second-order valence-corrected chi connectivity index (χ2v) is 15.0. The molecule has 0 radical (unpaired) electrons. The van der Waals surface area contributed by atoms with Crippen molar-refractivity contribution >= 4 is 85.0 Å². The summed E-state index contributed by atoms with van der Waals surface area (Å²) < 4.78 is 21.7.